The van der Waals surface area contributed by atoms with Crippen molar-refractivity contribution in [2.45, 2.75) is 25.7 Å². The molecule has 0 aliphatic heterocycles. The Balaban J connectivity index is 1.25. The van der Waals surface area contributed by atoms with E-state index in [2.05, 4.69) is 35.5 Å². The second-order valence-electron chi connectivity index (χ2n) is 9.77. The lowest BCUT2D eigenvalue weighted by atomic mass is 10.1. The summed E-state index contributed by atoms with van der Waals surface area (Å²) in [7, 11) is 0. The molecule has 7 rings (SSSR count). The van der Waals surface area contributed by atoms with Crippen molar-refractivity contribution in [3.63, 3.8) is 0 Å². The smallest absolute Gasteiger partial charge is 0.227 e. The number of aromatic nitrogens is 7. The molecule has 3 N–H and O–H groups in total. The molecule has 0 saturated heterocycles. The summed E-state index contributed by atoms with van der Waals surface area (Å²) in [6, 6.07) is 10.4. The van der Waals surface area contributed by atoms with E-state index < -0.39 is 0 Å². The lowest BCUT2D eigenvalue weighted by Crippen LogP contribution is -2.20. The number of H-pyrrole nitrogens is 2. The summed E-state index contributed by atoms with van der Waals surface area (Å²) in [5, 5.41) is 11.2. The van der Waals surface area contributed by atoms with E-state index in [1.54, 1.807) is 49.2 Å². The van der Waals surface area contributed by atoms with Gasteiger partial charge in [-0.3, -0.25) is 19.9 Å². The highest BCUT2D eigenvalue weighted by Crippen LogP contribution is 2.33. The predicted octanol–water partition coefficient (Wildman–Crippen LogP) is 5.89. The van der Waals surface area contributed by atoms with Crippen LogP contribution in [0.15, 0.2) is 67.4 Å². The maximum Gasteiger partial charge on any atom is 0.227 e. The summed E-state index contributed by atoms with van der Waals surface area (Å²) < 4.78 is 14.6. The van der Waals surface area contributed by atoms with Crippen LogP contribution in [0.1, 0.15) is 25.7 Å². The SMILES string of the molecule is O=C(Nc1cncc(-c2cnc3[nH]nc(-c4nc5c(-c6ccccc6F)cncc5[nH]4)c3c2)c1)C1CCCC1. The number of aromatic amines is 2. The summed E-state index contributed by atoms with van der Waals surface area (Å²) >= 11 is 0. The highest BCUT2D eigenvalue weighted by molar-refractivity contribution is 5.97. The summed E-state index contributed by atoms with van der Waals surface area (Å²) in [6.45, 7) is 0. The molecule has 1 fully saturated rings. The molecule has 9 nitrogen and oxygen atoms in total. The van der Waals surface area contributed by atoms with Gasteiger partial charge in [0, 0.05) is 46.8 Å². The molecule has 1 aliphatic rings. The Bertz CT molecular complexity index is 1850. The van der Waals surface area contributed by atoms with Crippen LogP contribution in [0.3, 0.4) is 0 Å². The van der Waals surface area contributed by atoms with Crippen LogP contribution < -0.4 is 5.32 Å². The average molecular weight is 519 g/mol. The molecular formula is C29H23FN8O. The lowest BCUT2D eigenvalue weighted by Gasteiger charge is -2.11. The Morgan fingerprint density at radius 3 is 2.64 bits per heavy atom. The van der Waals surface area contributed by atoms with Crippen molar-refractivity contribution in [2.24, 2.45) is 5.92 Å². The van der Waals surface area contributed by atoms with Gasteiger partial charge in [-0.05, 0) is 31.0 Å². The Labute approximate surface area is 222 Å². The quantitative estimate of drug-likeness (QED) is 0.261. The first kappa shape index (κ1) is 23.2. The highest BCUT2D eigenvalue weighted by atomic mass is 19.1. The number of amides is 1. The van der Waals surface area contributed by atoms with Crippen LogP contribution in [-0.2, 0) is 4.79 Å². The van der Waals surface area contributed by atoms with Crippen molar-refractivity contribution < 1.29 is 9.18 Å². The van der Waals surface area contributed by atoms with Gasteiger partial charge in [0.2, 0.25) is 5.91 Å². The second kappa shape index (κ2) is 9.39. The molecule has 0 atom stereocenters. The van der Waals surface area contributed by atoms with Crippen LogP contribution in [0.4, 0.5) is 10.1 Å². The van der Waals surface area contributed by atoms with Crippen LogP contribution in [0.25, 0.3) is 55.8 Å². The van der Waals surface area contributed by atoms with Gasteiger partial charge in [0.15, 0.2) is 11.5 Å². The van der Waals surface area contributed by atoms with E-state index in [4.69, 9.17) is 4.98 Å². The first-order valence-corrected chi connectivity index (χ1v) is 12.8. The molecule has 5 heterocycles. The van der Waals surface area contributed by atoms with Gasteiger partial charge < -0.3 is 10.3 Å². The maximum absolute atomic E-state index is 14.6. The molecule has 0 unspecified atom stereocenters. The highest BCUT2D eigenvalue weighted by Gasteiger charge is 2.23. The average Bonchev–Trinajstić information content (AvgIpc) is 3.73. The van der Waals surface area contributed by atoms with E-state index in [1.807, 2.05) is 12.1 Å². The van der Waals surface area contributed by atoms with Gasteiger partial charge in [-0.25, -0.2) is 14.4 Å². The molecular weight excluding hydrogens is 495 g/mol. The molecule has 1 aromatic carbocycles. The Morgan fingerprint density at radius 2 is 1.77 bits per heavy atom. The van der Waals surface area contributed by atoms with E-state index in [0.29, 0.717) is 45.0 Å². The fourth-order valence-electron chi connectivity index (χ4n) is 5.26. The number of halogens is 1. The second-order valence-corrected chi connectivity index (χ2v) is 9.77. The maximum atomic E-state index is 14.6. The predicted molar refractivity (Wildman–Crippen MR) is 146 cm³/mol. The minimum absolute atomic E-state index is 0.0475. The minimum Gasteiger partial charge on any atom is -0.335 e. The van der Waals surface area contributed by atoms with Crippen molar-refractivity contribution in [3.05, 3.63) is 73.2 Å². The first-order chi connectivity index (χ1) is 19.1. The number of hydrogen-bond donors (Lipinski definition) is 3. The molecule has 0 radical (unpaired) electrons. The number of hydrogen-bond acceptors (Lipinski definition) is 6. The molecule has 0 bridgehead atoms. The molecule has 6 aromatic rings. The zero-order chi connectivity index (χ0) is 26.3. The van der Waals surface area contributed by atoms with Gasteiger partial charge in [0.25, 0.3) is 0 Å². The molecule has 39 heavy (non-hydrogen) atoms. The van der Waals surface area contributed by atoms with Gasteiger partial charge in [-0.1, -0.05) is 31.0 Å². The fourth-order valence-corrected chi connectivity index (χ4v) is 5.26. The van der Waals surface area contributed by atoms with E-state index in [9.17, 15) is 9.18 Å². The minimum atomic E-state index is -0.342. The van der Waals surface area contributed by atoms with E-state index in [0.717, 1.165) is 42.2 Å². The van der Waals surface area contributed by atoms with Crippen LogP contribution in [0.2, 0.25) is 0 Å². The normalized spacial score (nSPS) is 13.9. The van der Waals surface area contributed by atoms with Crippen LogP contribution in [0, 0.1) is 11.7 Å². The largest absolute Gasteiger partial charge is 0.335 e. The zero-order valence-electron chi connectivity index (χ0n) is 20.8. The number of rotatable bonds is 5. The molecule has 5 aromatic heterocycles. The van der Waals surface area contributed by atoms with Crippen molar-refractivity contribution in [2.75, 3.05) is 5.32 Å². The van der Waals surface area contributed by atoms with Gasteiger partial charge in [0.1, 0.15) is 17.0 Å². The van der Waals surface area contributed by atoms with Gasteiger partial charge in [-0.15, -0.1) is 0 Å². The van der Waals surface area contributed by atoms with E-state index in [-0.39, 0.29) is 17.6 Å². The third-order valence-electron chi connectivity index (χ3n) is 7.26. The molecule has 192 valence electrons. The Kier molecular flexibility index (Phi) is 5.58. The van der Waals surface area contributed by atoms with Crippen LogP contribution in [0.5, 0.6) is 0 Å². The standard InChI is InChI=1S/C29H23FN8O/c30-23-8-4-3-7-20(23)22-14-32-15-24-25(22)36-28(35-24)26-21-10-18(12-33-27(21)38-37-26)17-9-19(13-31-11-17)34-29(39)16-5-1-2-6-16/h3-4,7-16H,1-2,5-6H2,(H,34,39)(H,35,36)(H,33,37,38). The molecule has 0 spiro atoms. The number of pyridine rings is 3. The van der Waals surface area contributed by atoms with Crippen LogP contribution >= 0.6 is 0 Å². The lowest BCUT2D eigenvalue weighted by molar-refractivity contribution is -0.119. The molecule has 1 amide bonds. The summed E-state index contributed by atoms with van der Waals surface area (Å²) in [6.07, 6.45) is 12.5. The van der Waals surface area contributed by atoms with Crippen molar-refractivity contribution in [1.29, 1.82) is 0 Å². The Morgan fingerprint density at radius 1 is 0.949 bits per heavy atom. The number of anilines is 1. The first-order valence-electron chi connectivity index (χ1n) is 12.8. The van der Waals surface area contributed by atoms with Gasteiger partial charge in [0.05, 0.1) is 29.0 Å². The molecule has 1 saturated carbocycles. The topological polar surface area (TPSA) is 125 Å². The van der Waals surface area contributed by atoms with E-state index >= 15 is 0 Å². The van der Waals surface area contributed by atoms with Gasteiger partial charge in [-0.2, -0.15) is 5.10 Å². The van der Waals surface area contributed by atoms with E-state index in [1.165, 1.54) is 6.07 Å². The molecule has 10 heteroatoms. The molecule has 1 aliphatic carbocycles. The number of carbonyl (C=O) groups is 1. The third-order valence-corrected chi connectivity index (χ3v) is 7.26. The summed E-state index contributed by atoms with van der Waals surface area (Å²) in [5.41, 5.74) is 5.75. The fraction of sp³-hybridized carbons (Fsp3) is 0.172. The summed E-state index contributed by atoms with van der Waals surface area (Å²) in [4.78, 5) is 33.8. The van der Waals surface area contributed by atoms with Crippen molar-refractivity contribution in [1.82, 2.24) is 35.1 Å². The summed E-state index contributed by atoms with van der Waals surface area (Å²) in [5.74, 6) is 0.284. The monoisotopic (exact) mass is 518 g/mol. The van der Waals surface area contributed by atoms with Crippen molar-refractivity contribution >= 4 is 33.7 Å². The third kappa shape index (κ3) is 4.19. The zero-order valence-corrected chi connectivity index (χ0v) is 20.8. The number of carbonyl (C=O) groups excluding carboxylic acids is 1. The van der Waals surface area contributed by atoms with Crippen LogP contribution in [-0.4, -0.2) is 41.0 Å². The number of fused-ring (bicyclic) bond motifs is 2. The number of imidazole rings is 1. The Hall–Kier alpha value is -4.99. The number of nitrogens with zero attached hydrogens (tertiary/aromatic N) is 5. The van der Waals surface area contributed by atoms with Crippen molar-refractivity contribution in [3.8, 4) is 33.8 Å². The van der Waals surface area contributed by atoms with Gasteiger partial charge >= 0.3 is 0 Å². The number of nitrogens with one attached hydrogen (secondary N) is 3. The number of benzene rings is 1.